The van der Waals surface area contributed by atoms with Crippen molar-refractivity contribution in [2.75, 3.05) is 34.2 Å². The van der Waals surface area contributed by atoms with Crippen molar-refractivity contribution >= 4 is 22.9 Å². The van der Waals surface area contributed by atoms with Gasteiger partial charge in [0, 0.05) is 40.8 Å². The van der Waals surface area contributed by atoms with Crippen molar-refractivity contribution in [2.45, 2.75) is 39.2 Å². The molecule has 0 atom stereocenters. The molecule has 0 saturated heterocycles. The van der Waals surface area contributed by atoms with Gasteiger partial charge in [-0.1, -0.05) is 25.0 Å². The Balaban J connectivity index is 1.57. The van der Waals surface area contributed by atoms with E-state index in [2.05, 4.69) is 31.2 Å². The van der Waals surface area contributed by atoms with Crippen molar-refractivity contribution in [1.82, 2.24) is 25.1 Å². The topological polar surface area (TPSA) is 74.5 Å². The number of para-hydroxylation sites is 2. The summed E-state index contributed by atoms with van der Waals surface area (Å²) in [6.07, 6.45) is 4.10. The number of carbonyl (C=O) groups excluding carboxylic acids is 1. The summed E-state index contributed by atoms with van der Waals surface area (Å²) in [5, 5.41) is 6.76. The zero-order valence-electron chi connectivity index (χ0n) is 17.5. The third-order valence-corrected chi connectivity index (χ3v) is 5.71. The maximum atomic E-state index is 12.7. The highest BCUT2D eigenvalue weighted by molar-refractivity contribution is 5.85. The fourth-order valence-corrected chi connectivity index (χ4v) is 4.23. The van der Waals surface area contributed by atoms with Gasteiger partial charge >= 0.3 is 0 Å². The van der Waals surface area contributed by atoms with Crippen LogP contribution in [-0.2, 0) is 11.3 Å². The minimum Gasteiger partial charge on any atom is -0.355 e. The zero-order valence-corrected chi connectivity index (χ0v) is 17.5. The van der Waals surface area contributed by atoms with Crippen LogP contribution in [0, 0.1) is 12.3 Å². The Morgan fingerprint density at radius 1 is 1.25 bits per heavy atom. The van der Waals surface area contributed by atoms with E-state index in [1.54, 1.807) is 11.9 Å². The second kappa shape index (κ2) is 8.63. The van der Waals surface area contributed by atoms with Gasteiger partial charge in [-0.15, -0.1) is 0 Å². The standard InChI is InChI=1S/C21H32N6O/c1-16-25-17-9-5-6-10-18(17)27(16)14-13-23-20(22-2)24-15-21(11-7-8-12-21)19(28)26(3)4/h5-6,9-10H,7-8,11-15H2,1-4H3,(H2,22,23,24). The lowest BCUT2D eigenvalue weighted by atomic mass is 9.84. The number of imidazole rings is 1. The number of amides is 1. The molecule has 0 spiro atoms. The van der Waals surface area contributed by atoms with Crippen LogP contribution in [0.2, 0.25) is 0 Å². The van der Waals surface area contributed by atoms with Crippen molar-refractivity contribution in [1.29, 1.82) is 0 Å². The first-order valence-corrected chi connectivity index (χ1v) is 10.0. The van der Waals surface area contributed by atoms with Gasteiger partial charge in [0.2, 0.25) is 5.91 Å². The first-order chi connectivity index (χ1) is 13.5. The van der Waals surface area contributed by atoms with Crippen LogP contribution in [0.3, 0.4) is 0 Å². The van der Waals surface area contributed by atoms with Crippen molar-refractivity contribution in [2.24, 2.45) is 10.4 Å². The highest BCUT2D eigenvalue weighted by atomic mass is 16.2. The average Bonchev–Trinajstić information content (AvgIpc) is 3.29. The average molecular weight is 385 g/mol. The van der Waals surface area contributed by atoms with Crippen LogP contribution in [0.15, 0.2) is 29.3 Å². The number of carbonyl (C=O) groups is 1. The monoisotopic (exact) mass is 384 g/mol. The third kappa shape index (κ3) is 4.13. The molecular formula is C21H32N6O. The number of guanidine groups is 1. The predicted molar refractivity (Wildman–Crippen MR) is 113 cm³/mol. The Kier molecular flexibility index (Phi) is 6.21. The van der Waals surface area contributed by atoms with Crippen LogP contribution < -0.4 is 10.6 Å². The number of rotatable bonds is 6. The van der Waals surface area contributed by atoms with E-state index in [1.165, 1.54) is 0 Å². The van der Waals surface area contributed by atoms with Crippen molar-refractivity contribution in [3.8, 4) is 0 Å². The molecule has 0 bridgehead atoms. The van der Waals surface area contributed by atoms with Crippen molar-refractivity contribution in [3.05, 3.63) is 30.1 Å². The summed E-state index contributed by atoms with van der Waals surface area (Å²) in [5.41, 5.74) is 1.86. The lowest BCUT2D eigenvalue weighted by Gasteiger charge is -2.31. The normalized spacial score (nSPS) is 16.4. The van der Waals surface area contributed by atoms with Gasteiger partial charge in [0.05, 0.1) is 16.4 Å². The van der Waals surface area contributed by atoms with Gasteiger partial charge in [-0.3, -0.25) is 9.79 Å². The van der Waals surface area contributed by atoms with E-state index in [0.717, 1.165) is 61.6 Å². The van der Waals surface area contributed by atoms with Gasteiger partial charge in [-0.05, 0) is 31.9 Å². The maximum Gasteiger partial charge on any atom is 0.230 e. The molecule has 3 rings (SSSR count). The molecule has 1 aromatic carbocycles. The van der Waals surface area contributed by atoms with E-state index in [-0.39, 0.29) is 11.3 Å². The number of hydrogen-bond acceptors (Lipinski definition) is 3. The smallest absolute Gasteiger partial charge is 0.230 e. The van der Waals surface area contributed by atoms with E-state index in [1.807, 2.05) is 39.2 Å². The van der Waals surface area contributed by atoms with Gasteiger partial charge in [0.15, 0.2) is 5.96 Å². The summed E-state index contributed by atoms with van der Waals surface area (Å²) in [7, 11) is 5.45. The number of nitrogens with zero attached hydrogens (tertiary/aromatic N) is 4. The molecule has 0 aliphatic heterocycles. The maximum absolute atomic E-state index is 12.7. The minimum atomic E-state index is -0.307. The highest BCUT2D eigenvalue weighted by Crippen LogP contribution is 2.38. The fraction of sp³-hybridized carbons (Fsp3) is 0.571. The number of aliphatic imine (C=N–C) groups is 1. The van der Waals surface area contributed by atoms with Crippen LogP contribution in [0.4, 0.5) is 0 Å². The molecule has 2 aromatic rings. The lowest BCUT2D eigenvalue weighted by molar-refractivity contribution is -0.138. The summed E-state index contributed by atoms with van der Waals surface area (Å²) in [6.45, 7) is 4.19. The Morgan fingerprint density at radius 2 is 1.96 bits per heavy atom. The number of nitrogens with one attached hydrogen (secondary N) is 2. The zero-order chi connectivity index (χ0) is 20.1. The van der Waals surface area contributed by atoms with E-state index in [0.29, 0.717) is 6.54 Å². The Hall–Kier alpha value is -2.57. The molecule has 1 aromatic heterocycles. The van der Waals surface area contributed by atoms with E-state index >= 15 is 0 Å². The fourth-order valence-electron chi connectivity index (χ4n) is 4.23. The van der Waals surface area contributed by atoms with Crippen LogP contribution >= 0.6 is 0 Å². The summed E-state index contributed by atoms with van der Waals surface area (Å²) < 4.78 is 2.21. The third-order valence-electron chi connectivity index (χ3n) is 5.71. The second-order valence-corrected chi connectivity index (χ2v) is 7.84. The van der Waals surface area contributed by atoms with Crippen LogP contribution in [0.5, 0.6) is 0 Å². The van der Waals surface area contributed by atoms with Gasteiger partial charge in [-0.25, -0.2) is 4.98 Å². The molecule has 1 fully saturated rings. The molecule has 0 unspecified atom stereocenters. The van der Waals surface area contributed by atoms with Gasteiger partial charge in [0.25, 0.3) is 0 Å². The number of aryl methyl sites for hydroxylation is 1. The van der Waals surface area contributed by atoms with Crippen molar-refractivity contribution in [3.63, 3.8) is 0 Å². The molecule has 0 radical (unpaired) electrons. The summed E-state index contributed by atoms with van der Waals surface area (Å²) in [4.78, 5) is 23.4. The largest absolute Gasteiger partial charge is 0.355 e. The van der Waals surface area contributed by atoms with Crippen LogP contribution in [0.1, 0.15) is 31.5 Å². The van der Waals surface area contributed by atoms with Gasteiger partial charge in [0.1, 0.15) is 5.82 Å². The molecule has 1 saturated carbocycles. The molecule has 152 valence electrons. The molecule has 1 aliphatic rings. The number of benzene rings is 1. The van der Waals surface area contributed by atoms with E-state index < -0.39 is 0 Å². The SMILES string of the molecule is CN=C(NCCn1c(C)nc2ccccc21)NCC1(C(=O)N(C)C)CCCC1. The van der Waals surface area contributed by atoms with Crippen LogP contribution in [-0.4, -0.2) is 60.6 Å². The lowest BCUT2D eigenvalue weighted by Crippen LogP contribution is -2.49. The quantitative estimate of drug-likeness (QED) is 0.591. The van der Waals surface area contributed by atoms with Gasteiger partial charge < -0.3 is 20.1 Å². The Morgan fingerprint density at radius 3 is 2.64 bits per heavy atom. The molecule has 1 aliphatic carbocycles. The molecular weight excluding hydrogens is 352 g/mol. The van der Waals surface area contributed by atoms with Crippen LogP contribution in [0.25, 0.3) is 11.0 Å². The summed E-state index contributed by atoms with van der Waals surface area (Å²) in [6, 6.07) is 8.18. The minimum absolute atomic E-state index is 0.216. The molecule has 2 N–H and O–H groups in total. The van der Waals surface area contributed by atoms with Crippen molar-refractivity contribution < 1.29 is 4.79 Å². The first kappa shape index (κ1) is 20.2. The number of fused-ring (bicyclic) bond motifs is 1. The second-order valence-electron chi connectivity index (χ2n) is 7.84. The van der Waals surface area contributed by atoms with E-state index in [9.17, 15) is 4.79 Å². The highest BCUT2D eigenvalue weighted by Gasteiger charge is 2.42. The first-order valence-electron chi connectivity index (χ1n) is 10.0. The Labute approximate surface area is 167 Å². The van der Waals surface area contributed by atoms with E-state index in [4.69, 9.17) is 0 Å². The molecule has 1 amide bonds. The molecule has 1 heterocycles. The number of hydrogen-bond donors (Lipinski definition) is 2. The summed E-state index contributed by atoms with van der Waals surface area (Å²) >= 11 is 0. The Bertz CT molecular complexity index is 848. The van der Waals surface area contributed by atoms with Gasteiger partial charge in [-0.2, -0.15) is 0 Å². The molecule has 7 heteroatoms. The molecule has 28 heavy (non-hydrogen) atoms. The molecule has 7 nitrogen and oxygen atoms in total. The summed E-state index contributed by atoms with van der Waals surface area (Å²) in [5.74, 6) is 1.96. The number of aromatic nitrogens is 2. The predicted octanol–water partition coefficient (Wildman–Crippen LogP) is 2.16.